The normalized spacial score (nSPS) is 34.0. The number of piperazine rings is 1. The van der Waals surface area contributed by atoms with Crippen LogP contribution in [0.1, 0.15) is 12.8 Å². The molecule has 0 bridgehead atoms. The van der Waals surface area contributed by atoms with Crippen molar-refractivity contribution in [2.45, 2.75) is 18.9 Å². The van der Waals surface area contributed by atoms with Gasteiger partial charge in [-0.1, -0.05) is 0 Å². The molecule has 3 heterocycles. The van der Waals surface area contributed by atoms with E-state index in [1.165, 1.54) is 4.31 Å². The third-order valence-electron chi connectivity index (χ3n) is 4.25. The lowest BCUT2D eigenvalue weighted by Gasteiger charge is -2.39. The average molecular weight is 288 g/mol. The Bertz CT molecular complexity index is 461. The molecule has 8 heteroatoms. The molecule has 0 saturated carbocycles. The molecule has 0 aromatic rings. The number of amides is 1. The number of piperidine rings is 1. The van der Waals surface area contributed by atoms with Crippen LogP contribution in [0.4, 0.5) is 0 Å². The second-order valence-electron chi connectivity index (χ2n) is 5.33. The van der Waals surface area contributed by atoms with E-state index in [0.29, 0.717) is 39.3 Å². The fourth-order valence-corrected chi connectivity index (χ4v) is 5.09. The topological polar surface area (TPSA) is 81.8 Å². The van der Waals surface area contributed by atoms with E-state index in [4.69, 9.17) is 0 Å². The van der Waals surface area contributed by atoms with Crippen LogP contribution >= 0.6 is 0 Å². The molecule has 0 aromatic heterocycles. The van der Waals surface area contributed by atoms with Gasteiger partial charge in [-0.2, -0.15) is 17.0 Å². The monoisotopic (exact) mass is 288 g/mol. The van der Waals surface area contributed by atoms with Crippen LogP contribution in [0.15, 0.2) is 0 Å². The van der Waals surface area contributed by atoms with E-state index in [1.54, 1.807) is 4.31 Å². The van der Waals surface area contributed by atoms with Gasteiger partial charge in [0, 0.05) is 39.3 Å². The predicted octanol–water partition coefficient (Wildman–Crippen LogP) is -1.65. The molecule has 0 radical (unpaired) electrons. The van der Waals surface area contributed by atoms with Crippen LogP contribution in [-0.2, 0) is 15.0 Å². The minimum atomic E-state index is -3.43. The zero-order valence-electron chi connectivity index (χ0n) is 10.8. The maximum absolute atomic E-state index is 12.7. The van der Waals surface area contributed by atoms with Crippen molar-refractivity contribution in [3.63, 3.8) is 0 Å². The van der Waals surface area contributed by atoms with Gasteiger partial charge >= 0.3 is 0 Å². The lowest BCUT2D eigenvalue weighted by Crippen LogP contribution is -2.57. The number of nitrogens with zero attached hydrogens (tertiary/aromatic N) is 2. The van der Waals surface area contributed by atoms with Crippen molar-refractivity contribution in [2.75, 3.05) is 39.3 Å². The molecule has 0 spiro atoms. The molecule has 0 aromatic carbocycles. The smallest absolute Gasteiger partial charge is 0.282 e. The molecule has 3 aliphatic heterocycles. The zero-order valence-corrected chi connectivity index (χ0v) is 11.7. The number of fused-ring (bicyclic) bond motifs is 1. The summed E-state index contributed by atoms with van der Waals surface area (Å²) >= 11 is 0. The summed E-state index contributed by atoms with van der Waals surface area (Å²) in [5.74, 6) is -0.156. The Hall–Kier alpha value is -0.700. The van der Waals surface area contributed by atoms with Crippen LogP contribution in [0.25, 0.3) is 0 Å². The Labute approximate surface area is 113 Å². The van der Waals surface area contributed by atoms with Gasteiger partial charge in [0.05, 0.1) is 12.0 Å². The van der Waals surface area contributed by atoms with Crippen LogP contribution in [-0.4, -0.2) is 68.2 Å². The van der Waals surface area contributed by atoms with Gasteiger partial charge in [-0.3, -0.25) is 4.79 Å². The molecule has 108 valence electrons. The fourth-order valence-electron chi connectivity index (χ4n) is 3.22. The first-order chi connectivity index (χ1) is 9.10. The first-order valence-corrected chi connectivity index (χ1v) is 8.26. The van der Waals surface area contributed by atoms with Gasteiger partial charge < -0.3 is 10.6 Å². The highest BCUT2D eigenvalue weighted by molar-refractivity contribution is 7.86. The van der Waals surface area contributed by atoms with E-state index in [9.17, 15) is 13.2 Å². The minimum Gasteiger partial charge on any atom is -0.354 e. The van der Waals surface area contributed by atoms with Gasteiger partial charge in [-0.25, -0.2) is 0 Å². The highest BCUT2D eigenvalue weighted by atomic mass is 32.2. The van der Waals surface area contributed by atoms with E-state index >= 15 is 0 Å². The summed E-state index contributed by atoms with van der Waals surface area (Å²) in [6, 6.07) is -0.193. The van der Waals surface area contributed by atoms with Gasteiger partial charge in [0.15, 0.2) is 0 Å². The zero-order chi connectivity index (χ0) is 13.5. The molecule has 19 heavy (non-hydrogen) atoms. The quantitative estimate of drug-likeness (QED) is 0.638. The summed E-state index contributed by atoms with van der Waals surface area (Å²) in [6.45, 7) is 3.39. The molecule has 2 unspecified atom stereocenters. The van der Waals surface area contributed by atoms with Gasteiger partial charge in [0.2, 0.25) is 5.91 Å². The van der Waals surface area contributed by atoms with E-state index < -0.39 is 10.2 Å². The van der Waals surface area contributed by atoms with Crippen molar-refractivity contribution in [1.82, 2.24) is 19.2 Å². The largest absolute Gasteiger partial charge is 0.354 e. The van der Waals surface area contributed by atoms with Crippen molar-refractivity contribution < 1.29 is 13.2 Å². The fraction of sp³-hybridized carbons (Fsp3) is 0.909. The Kier molecular flexibility index (Phi) is 3.50. The minimum absolute atomic E-state index is 0.00482. The molecular weight excluding hydrogens is 268 g/mol. The Balaban J connectivity index is 1.81. The van der Waals surface area contributed by atoms with E-state index in [-0.39, 0.29) is 17.9 Å². The third-order valence-corrected chi connectivity index (χ3v) is 6.31. The second-order valence-corrected chi connectivity index (χ2v) is 7.21. The number of rotatable bonds is 2. The van der Waals surface area contributed by atoms with Crippen LogP contribution in [0.5, 0.6) is 0 Å². The van der Waals surface area contributed by atoms with Crippen molar-refractivity contribution in [3.8, 4) is 0 Å². The summed E-state index contributed by atoms with van der Waals surface area (Å²) in [7, 11) is -3.43. The lowest BCUT2D eigenvalue weighted by molar-refractivity contribution is -0.123. The molecule has 3 saturated heterocycles. The van der Waals surface area contributed by atoms with Crippen molar-refractivity contribution in [3.05, 3.63) is 0 Å². The van der Waals surface area contributed by atoms with E-state index in [1.807, 2.05) is 0 Å². The van der Waals surface area contributed by atoms with Gasteiger partial charge in [0.25, 0.3) is 10.2 Å². The Morgan fingerprint density at radius 1 is 1.16 bits per heavy atom. The Morgan fingerprint density at radius 3 is 2.63 bits per heavy atom. The highest BCUT2D eigenvalue weighted by Gasteiger charge is 2.46. The molecular formula is C11H20N4O3S. The predicted molar refractivity (Wildman–Crippen MR) is 69.6 cm³/mol. The maximum atomic E-state index is 12.7. The van der Waals surface area contributed by atoms with Crippen molar-refractivity contribution in [2.24, 2.45) is 5.92 Å². The van der Waals surface area contributed by atoms with Crippen LogP contribution in [0.3, 0.4) is 0 Å². The van der Waals surface area contributed by atoms with E-state index in [2.05, 4.69) is 10.6 Å². The van der Waals surface area contributed by atoms with Gasteiger partial charge in [-0.15, -0.1) is 0 Å². The molecule has 2 atom stereocenters. The first kappa shape index (κ1) is 13.3. The Morgan fingerprint density at radius 2 is 1.89 bits per heavy atom. The van der Waals surface area contributed by atoms with E-state index in [0.717, 1.165) is 12.8 Å². The van der Waals surface area contributed by atoms with Gasteiger partial charge in [-0.05, 0) is 12.8 Å². The molecule has 3 aliphatic rings. The summed E-state index contributed by atoms with van der Waals surface area (Å²) in [6.07, 6.45) is 1.56. The molecule has 1 amide bonds. The van der Waals surface area contributed by atoms with Crippen LogP contribution < -0.4 is 10.6 Å². The number of hydrogen-bond acceptors (Lipinski definition) is 4. The summed E-state index contributed by atoms with van der Waals surface area (Å²) in [4.78, 5) is 11.7. The van der Waals surface area contributed by atoms with Gasteiger partial charge in [0.1, 0.15) is 0 Å². The SMILES string of the molecule is O=C1NCC2C1CCCN2S(=O)(=O)N1CCNCC1. The highest BCUT2D eigenvalue weighted by Crippen LogP contribution is 2.30. The molecule has 3 rings (SSSR count). The molecule has 0 aliphatic carbocycles. The summed E-state index contributed by atoms with van der Waals surface area (Å²) < 4.78 is 28.4. The standard InChI is InChI=1S/C11H20N4O3S/c16-11-9-2-1-5-15(10(9)8-13-11)19(17,18)14-6-3-12-4-7-14/h9-10,12H,1-8H2,(H,13,16). The maximum Gasteiger partial charge on any atom is 0.282 e. The van der Waals surface area contributed by atoms with Crippen molar-refractivity contribution in [1.29, 1.82) is 0 Å². The number of nitrogens with one attached hydrogen (secondary N) is 2. The number of carbonyl (C=O) groups is 1. The van der Waals surface area contributed by atoms with Crippen LogP contribution in [0.2, 0.25) is 0 Å². The number of carbonyl (C=O) groups excluding carboxylic acids is 1. The average Bonchev–Trinajstić information content (AvgIpc) is 2.81. The first-order valence-electron chi connectivity index (χ1n) is 6.86. The summed E-state index contributed by atoms with van der Waals surface area (Å²) in [5, 5.41) is 5.94. The number of hydrogen-bond donors (Lipinski definition) is 2. The second kappa shape index (κ2) is 5.01. The van der Waals surface area contributed by atoms with Crippen LogP contribution in [0, 0.1) is 5.92 Å². The molecule has 3 fully saturated rings. The molecule has 7 nitrogen and oxygen atoms in total. The summed E-state index contributed by atoms with van der Waals surface area (Å²) in [5.41, 5.74) is 0. The molecule has 2 N–H and O–H groups in total. The van der Waals surface area contributed by atoms with Crippen molar-refractivity contribution >= 4 is 16.1 Å². The lowest BCUT2D eigenvalue weighted by atomic mass is 9.93. The third kappa shape index (κ3) is 2.26.